The zero-order chi connectivity index (χ0) is 9.23. The van der Waals surface area contributed by atoms with Crippen LogP contribution in [-0.2, 0) is 9.47 Å². The highest BCUT2D eigenvalue weighted by atomic mass is 16.5. The van der Waals surface area contributed by atoms with Crippen molar-refractivity contribution in [1.82, 2.24) is 0 Å². The number of hydrogen-bond acceptors (Lipinski definition) is 3. The van der Waals surface area contributed by atoms with Crippen LogP contribution in [0.25, 0.3) is 0 Å². The Kier molecular flexibility index (Phi) is 7.49. The van der Waals surface area contributed by atoms with E-state index in [-0.39, 0.29) is 12.7 Å². The lowest BCUT2D eigenvalue weighted by atomic mass is 10.4. The fraction of sp³-hybridized carbons (Fsp3) is 0.556. The van der Waals surface area contributed by atoms with Crippen molar-refractivity contribution < 1.29 is 14.6 Å². The van der Waals surface area contributed by atoms with Crippen LogP contribution in [0.5, 0.6) is 0 Å². The first-order valence-electron chi connectivity index (χ1n) is 3.95. The SMILES string of the molecule is CC=COCC(CO)OC=CC. The minimum atomic E-state index is -0.280. The molecule has 0 aliphatic carbocycles. The predicted molar refractivity (Wildman–Crippen MR) is 47.5 cm³/mol. The van der Waals surface area contributed by atoms with E-state index in [4.69, 9.17) is 14.6 Å². The summed E-state index contributed by atoms with van der Waals surface area (Å²) in [5.74, 6) is 0. The highest BCUT2D eigenvalue weighted by molar-refractivity contribution is 4.71. The summed E-state index contributed by atoms with van der Waals surface area (Å²) in [6.07, 6.45) is 6.38. The molecule has 0 aliphatic heterocycles. The average Bonchev–Trinajstić information content (AvgIpc) is 2.11. The van der Waals surface area contributed by atoms with Gasteiger partial charge in [-0.05, 0) is 13.8 Å². The molecular weight excluding hydrogens is 156 g/mol. The van der Waals surface area contributed by atoms with Crippen molar-refractivity contribution >= 4 is 0 Å². The van der Waals surface area contributed by atoms with Gasteiger partial charge in [0.2, 0.25) is 0 Å². The van der Waals surface area contributed by atoms with Crippen LogP contribution in [0.15, 0.2) is 24.7 Å². The second-order valence-electron chi connectivity index (χ2n) is 2.21. The quantitative estimate of drug-likeness (QED) is 0.616. The van der Waals surface area contributed by atoms with E-state index in [9.17, 15) is 0 Å². The molecule has 0 bridgehead atoms. The molecule has 0 aromatic rings. The fourth-order valence-electron chi connectivity index (χ4n) is 0.584. The van der Waals surface area contributed by atoms with Crippen LogP contribution in [0.3, 0.4) is 0 Å². The second kappa shape index (κ2) is 8.14. The largest absolute Gasteiger partial charge is 0.498 e. The van der Waals surface area contributed by atoms with Crippen molar-refractivity contribution in [2.75, 3.05) is 13.2 Å². The Bertz CT molecular complexity index is 141. The van der Waals surface area contributed by atoms with Crippen molar-refractivity contribution in [2.45, 2.75) is 20.0 Å². The third kappa shape index (κ3) is 5.80. The van der Waals surface area contributed by atoms with Crippen molar-refractivity contribution in [3.8, 4) is 0 Å². The molecule has 12 heavy (non-hydrogen) atoms. The minimum absolute atomic E-state index is 0.0398. The molecular formula is C9H16O3. The molecule has 0 radical (unpaired) electrons. The van der Waals surface area contributed by atoms with E-state index in [2.05, 4.69) is 0 Å². The maximum atomic E-state index is 8.79. The maximum absolute atomic E-state index is 8.79. The number of rotatable bonds is 6. The lowest BCUT2D eigenvalue weighted by Gasteiger charge is -2.12. The smallest absolute Gasteiger partial charge is 0.154 e. The zero-order valence-electron chi connectivity index (χ0n) is 7.56. The number of aliphatic hydroxyl groups is 1. The minimum Gasteiger partial charge on any atom is -0.498 e. The maximum Gasteiger partial charge on any atom is 0.154 e. The third-order valence-corrected chi connectivity index (χ3v) is 1.13. The number of ether oxygens (including phenoxy) is 2. The van der Waals surface area contributed by atoms with Gasteiger partial charge in [-0.1, -0.05) is 12.2 Å². The van der Waals surface area contributed by atoms with Gasteiger partial charge < -0.3 is 14.6 Å². The molecule has 0 aromatic carbocycles. The molecule has 1 unspecified atom stereocenters. The first-order valence-corrected chi connectivity index (χ1v) is 3.95. The number of allylic oxidation sites excluding steroid dienone is 2. The Balaban J connectivity index is 3.52. The van der Waals surface area contributed by atoms with Crippen molar-refractivity contribution in [1.29, 1.82) is 0 Å². The topological polar surface area (TPSA) is 38.7 Å². The van der Waals surface area contributed by atoms with Gasteiger partial charge in [0, 0.05) is 0 Å². The molecule has 3 heteroatoms. The van der Waals surface area contributed by atoms with E-state index >= 15 is 0 Å². The van der Waals surface area contributed by atoms with Crippen LogP contribution in [-0.4, -0.2) is 24.4 Å². The molecule has 0 fully saturated rings. The third-order valence-electron chi connectivity index (χ3n) is 1.13. The van der Waals surface area contributed by atoms with E-state index in [1.54, 1.807) is 24.7 Å². The lowest BCUT2D eigenvalue weighted by molar-refractivity contribution is 0.0263. The lowest BCUT2D eigenvalue weighted by Crippen LogP contribution is -2.20. The van der Waals surface area contributed by atoms with E-state index in [0.717, 1.165) is 0 Å². The Morgan fingerprint density at radius 2 is 1.92 bits per heavy atom. The van der Waals surface area contributed by atoms with Crippen LogP contribution in [0.1, 0.15) is 13.8 Å². The van der Waals surface area contributed by atoms with Gasteiger partial charge in [0.25, 0.3) is 0 Å². The fourth-order valence-corrected chi connectivity index (χ4v) is 0.584. The summed E-state index contributed by atoms with van der Waals surface area (Å²) in [4.78, 5) is 0. The van der Waals surface area contributed by atoms with Crippen molar-refractivity contribution in [2.24, 2.45) is 0 Å². The first kappa shape index (κ1) is 11.0. The van der Waals surface area contributed by atoms with E-state index in [0.29, 0.717) is 6.61 Å². The first-order chi connectivity index (χ1) is 5.85. The van der Waals surface area contributed by atoms with Gasteiger partial charge in [0.1, 0.15) is 6.61 Å². The van der Waals surface area contributed by atoms with Gasteiger partial charge in [-0.2, -0.15) is 0 Å². The molecule has 0 saturated carbocycles. The van der Waals surface area contributed by atoms with Crippen LogP contribution in [0, 0.1) is 0 Å². The molecule has 70 valence electrons. The van der Waals surface area contributed by atoms with E-state index in [1.807, 2.05) is 13.8 Å². The molecule has 3 nitrogen and oxygen atoms in total. The van der Waals surface area contributed by atoms with Crippen molar-refractivity contribution in [3.05, 3.63) is 24.7 Å². The molecule has 0 spiro atoms. The van der Waals surface area contributed by atoms with Crippen LogP contribution in [0.2, 0.25) is 0 Å². The number of hydrogen-bond donors (Lipinski definition) is 1. The van der Waals surface area contributed by atoms with Crippen LogP contribution >= 0.6 is 0 Å². The highest BCUT2D eigenvalue weighted by Crippen LogP contribution is 1.93. The van der Waals surface area contributed by atoms with Gasteiger partial charge >= 0.3 is 0 Å². The summed E-state index contributed by atoms with van der Waals surface area (Å²) >= 11 is 0. The summed E-state index contributed by atoms with van der Waals surface area (Å²) in [6, 6.07) is 0. The molecule has 0 saturated heterocycles. The summed E-state index contributed by atoms with van der Waals surface area (Å²) in [5.41, 5.74) is 0. The zero-order valence-corrected chi connectivity index (χ0v) is 7.56. The summed E-state index contributed by atoms with van der Waals surface area (Å²) in [5, 5.41) is 8.79. The van der Waals surface area contributed by atoms with Crippen molar-refractivity contribution in [3.63, 3.8) is 0 Å². The van der Waals surface area contributed by atoms with E-state index < -0.39 is 0 Å². The second-order valence-corrected chi connectivity index (χ2v) is 2.21. The summed E-state index contributed by atoms with van der Waals surface area (Å²) in [6.45, 7) is 4.04. The molecule has 0 aromatic heterocycles. The Morgan fingerprint density at radius 3 is 2.42 bits per heavy atom. The normalized spacial score (nSPS) is 13.9. The van der Waals surface area contributed by atoms with Gasteiger partial charge in [-0.25, -0.2) is 0 Å². The Labute approximate surface area is 73.3 Å². The van der Waals surface area contributed by atoms with Crippen LogP contribution < -0.4 is 0 Å². The monoisotopic (exact) mass is 172 g/mol. The predicted octanol–water partition coefficient (Wildman–Crippen LogP) is 1.45. The number of aliphatic hydroxyl groups excluding tert-OH is 1. The van der Waals surface area contributed by atoms with Gasteiger partial charge in [0.15, 0.2) is 6.10 Å². The summed E-state index contributed by atoms with van der Waals surface area (Å²) < 4.78 is 10.1. The van der Waals surface area contributed by atoms with Gasteiger partial charge in [0.05, 0.1) is 19.1 Å². The average molecular weight is 172 g/mol. The molecule has 0 rings (SSSR count). The van der Waals surface area contributed by atoms with Crippen LogP contribution in [0.4, 0.5) is 0 Å². The molecule has 1 atom stereocenters. The molecule has 0 amide bonds. The van der Waals surface area contributed by atoms with Gasteiger partial charge in [-0.15, -0.1) is 0 Å². The highest BCUT2D eigenvalue weighted by Gasteiger charge is 2.04. The summed E-state index contributed by atoms with van der Waals surface area (Å²) in [7, 11) is 0. The molecule has 0 heterocycles. The Morgan fingerprint density at radius 1 is 1.25 bits per heavy atom. The van der Waals surface area contributed by atoms with Gasteiger partial charge in [-0.3, -0.25) is 0 Å². The molecule has 1 N–H and O–H groups in total. The standard InChI is InChI=1S/C9H16O3/c1-3-5-11-8-9(7-10)12-6-4-2/h3-6,9-10H,7-8H2,1-2H3. The van der Waals surface area contributed by atoms with E-state index in [1.165, 1.54) is 0 Å². The molecule has 0 aliphatic rings. The Hall–Kier alpha value is -0.960.